The summed E-state index contributed by atoms with van der Waals surface area (Å²) >= 11 is 0. The summed E-state index contributed by atoms with van der Waals surface area (Å²) < 4.78 is 0. The second-order valence-corrected chi connectivity index (χ2v) is 9.23. The molecule has 3 heteroatoms. The molecule has 0 N–H and O–H groups in total. The van der Waals surface area contributed by atoms with Crippen LogP contribution in [-0.4, -0.2) is 48.4 Å². The summed E-state index contributed by atoms with van der Waals surface area (Å²) in [7, 11) is 0. The maximum atomic E-state index is 13.4. The van der Waals surface area contributed by atoms with Crippen LogP contribution in [0.1, 0.15) is 68.9 Å². The summed E-state index contributed by atoms with van der Waals surface area (Å²) in [6, 6.07) is 8.71. The zero-order chi connectivity index (χ0) is 18.7. The molecule has 0 spiro atoms. The summed E-state index contributed by atoms with van der Waals surface area (Å²) in [4.78, 5) is 18.2. The van der Waals surface area contributed by atoms with Gasteiger partial charge in [-0.2, -0.15) is 0 Å². The quantitative estimate of drug-likeness (QED) is 0.736. The van der Waals surface area contributed by atoms with E-state index in [1.54, 1.807) is 0 Å². The fourth-order valence-electron chi connectivity index (χ4n) is 5.37. The van der Waals surface area contributed by atoms with Crippen LogP contribution in [0.25, 0.3) is 0 Å². The number of benzene rings is 1. The van der Waals surface area contributed by atoms with Gasteiger partial charge in [0.2, 0.25) is 5.91 Å². The molecule has 1 saturated carbocycles. The minimum absolute atomic E-state index is 0.212. The molecule has 3 nitrogen and oxygen atoms in total. The van der Waals surface area contributed by atoms with Crippen LogP contribution in [-0.2, 0) is 10.2 Å². The summed E-state index contributed by atoms with van der Waals surface area (Å²) in [6.45, 7) is 7.98. The van der Waals surface area contributed by atoms with Crippen LogP contribution in [0.3, 0.4) is 0 Å². The third-order valence-corrected chi connectivity index (χ3v) is 7.41. The molecule has 1 aromatic rings. The molecule has 0 radical (unpaired) electrons. The Balaban J connectivity index is 1.28. The number of hydrogen-bond acceptors (Lipinski definition) is 2. The highest BCUT2D eigenvalue weighted by atomic mass is 16.2. The predicted octanol–water partition coefficient (Wildman–Crippen LogP) is 4.53. The van der Waals surface area contributed by atoms with Crippen LogP contribution < -0.4 is 0 Å². The van der Waals surface area contributed by atoms with Gasteiger partial charge in [0, 0.05) is 13.1 Å². The Kier molecular flexibility index (Phi) is 5.87. The lowest BCUT2D eigenvalue weighted by Gasteiger charge is -2.45. The minimum Gasteiger partial charge on any atom is -0.342 e. The summed E-state index contributed by atoms with van der Waals surface area (Å²) in [5, 5.41) is 0. The molecule has 2 saturated heterocycles. The first-order chi connectivity index (χ1) is 13.2. The molecule has 4 rings (SSSR count). The van der Waals surface area contributed by atoms with Gasteiger partial charge in [-0.25, -0.2) is 0 Å². The zero-order valence-corrected chi connectivity index (χ0v) is 17.1. The van der Waals surface area contributed by atoms with Gasteiger partial charge in [0.25, 0.3) is 0 Å². The number of likely N-dealkylation sites (tertiary alicyclic amines) is 2. The van der Waals surface area contributed by atoms with Crippen molar-refractivity contribution in [1.29, 1.82) is 0 Å². The maximum absolute atomic E-state index is 13.4. The first kappa shape index (κ1) is 19.0. The standard InChI is InChI=1S/C24H36N2O/c1-20-7-9-22(10-8-20)24(13-5-14-24)23(27)26-18-11-21(12-19-26)6-4-17-25-15-2-3-16-25/h7-10,21H,2-6,11-19H2,1H3. The van der Waals surface area contributed by atoms with E-state index in [-0.39, 0.29) is 5.41 Å². The number of aryl methyl sites for hydroxylation is 1. The van der Waals surface area contributed by atoms with Gasteiger partial charge in [-0.15, -0.1) is 0 Å². The Morgan fingerprint density at radius 1 is 1.00 bits per heavy atom. The van der Waals surface area contributed by atoms with Gasteiger partial charge in [-0.1, -0.05) is 36.2 Å². The van der Waals surface area contributed by atoms with E-state index in [0.29, 0.717) is 5.91 Å². The van der Waals surface area contributed by atoms with E-state index in [0.717, 1.165) is 31.8 Å². The Morgan fingerprint density at radius 2 is 1.67 bits per heavy atom. The Hall–Kier alpha value is -1.35. The molecule has 0 aromatic heterocycles. The summed E-state index contributed by atoms with van der Waals surface area (Å²) in [5.41, 5.74) is 2.31. The first-order valence-electron chi connectivity index (χ1n) is 11.3. The van der Waals surface area contributed by atoms with Crippen molar-refractivity contribution >= 4 is 5.91 Å². The van der Waals surface area contributed by atoms with Crippen molar-refractivity contribution in [2.45, 2.75) is 70.1 Å². The van der Waals surface area contributed by atoms with Crippen molar-refractivity contribution in [3.05, 3.63) is 35.4 Å². The number of amides is 1. The van der Waals surface area contributed by atoms with Crippen molar-refractivity contribution in [2.75, 3.05) is 32.7 Å². The van der Waals surface area contributed by atoms with E-state index in [9.17, 15) is 4.79 Å². The van der Waals surface area contributed by atoms with E-state index in [4.69, 9.17) is 0 Å². The molecule has 0 unspecified atom stereocenters. The molecule has 27 heavy (non-hydrogen) atoms. The average molecular weight is 369 g/mol. The highest BCUT2D eigenvalue weighted by Crippen LogP contribution is 2.45. The molecule has 0 atom stereocenters. The van der Waals surface area contributed by atoms with Crippen LogP contribution in [0.15, 0.2) is 24.3 Å². The molecule has 3 aliphatic rings. The number of hydrogen-bond donors (Lipinski definition) is 0. The summed E-state index contributed by atoms with van der Waals surface area (Å²) in [6.07, 6.45) is 11.1. The van der Waals surface area contributed by atoms with Gasteiger partial charge >= 0.3 is 0 Å². The molecular formula is C24H36N2O. The second-order valence-electron chi connectivity index (χ2n) is 9.23. The lowest BCUT2D eigenvalue weighted by atomic mass is 9.63. The number of piperidine rings is 1. The number of rotatable bonds is 6. The fraction of sp³-hybridized carbons (Fsp3) is 0.708. The lowest BCUT2D eigenvalue weighted by molar-refractivity contribution is -0.142. The van der Waals surface area contributed by atoms with E-state index in [1.165, 1.54) is 75.7 Å². The molecule has 1 aliphatic carbocycles. The van der Waals surface area contributed by atoms with Crippen molar-refractivity contribution in [2.24, 2.45) is 5.92 Å². The third-order valence-electron chi connectivity index (χ3n) is 7.41. The van der Waals surface area contributed by atoms with E-state index in [1.807, 2.05) is 0 Å². The van der Waals surface area contributed by atoms with Crippen molar-refractivity contribution in [3.8, 4) is 0 Å². The highest BCUT2D eigenvalue weighted by molar-refractivity contribution is 5.89. The lowest BCUT2D eigenvalue weighted by Crippen LogP contribution is -2.53. The first-order valence-corrected chi connectivity index (χ1v) is 11.3. The van der Waals surface area contributed by atoms with Crippen LogP contribution >= 0.6 is 0 Å². The van der Waals surface area contributed by atoms with E-state index >= 15 is 0 Å². The van der Waals surface area contributed by atoms with Crippen LogP contribution in [0.5, 0.6) is 0 Å². The number of nitrogens with zero attached hydrogens (tertiary/aromatic N) is 2. The molecular weight excluding hydrogens is 332 g/mol. The Bertz CT molecular complexity index is 620. The van der Waals surface area contributed by atoms with Crippen molar-refractivity contribution in [3.63, 3.8) is 0 Å². The fourth-order valence-corrected chi connectivity index (χ4v) is 5.37. The third kappa shape index (κ3) is 4.08. The molecule has 1 aromatic carbocycles. The average Bonchev–Trinajstić information content (AvgIpc) is 3.16. The van der Waals surface area contributed by atoms with Gasteiger partial charge in [0.1, 0.15) is 0 Å². The van der Waals surface area contributed by atoms with Gasteiger partial charge in [-0.3, -0.25) is 4.79 Å². The highest BCUT2D eigenvalue weighted by Gasteiger charge is 2.47. The van der Waals surface area contributed by atoms with Crippen molar-refractivity contribution in [1.82, 2.24) is 9.80 Å². The van der Waals surface area contributed by atoms with Gasteiger partial charge in [0.05, 0.1) is 5.41 Å². The Morgan fingerprint density at radius 3 is 2.26 bits per heavy atom. The predicted molar refractivity (Wildman–Crippen MR) is 111 cm³/mol. The van der Waals surface area contributed by atoms with Crippen molar-refractivity contribution < 1.29 is 4.79 Å². The largest absolute Gasteiger partial charge is 0.342 e. The van der Waals surface area contributed by atoms with E-state index in [2.05, 4.69) is 41.0 Å². The molecule has 0 bridgehead atoms. The normalized spacial score (nSPS) is 23.4. The minimum atomic E-state index is -0.212. The van der Waals surface area contributed by atoms with Crippen LogP contribution in [0.2, 0.25) is 0 Å². The SMILES string of the molecule is Cc1ccc(C2(C(=O)N3CCC(CCCN4CCCC4)CC3)CCC2)cc1. The molecule has 2 heterocycles. The molecule has 148 valence electrons. The van der Waals surface area contributed by atoms with Gasteiger partial charge in [-0.05, 0) is 89.4 Å². The molecule has 3 fully saturated rings. The molecule has 1 amide bonds. The van der Waals surface area contributed by atoms with Gasteiger partial charge < -0.3 is 9.80 Å². The number of carbonyl (C=O) groups excluding carboxylic acids is 1. The zero-order valence-electron chi connectivity index (χ0n) is 17.1. The maximum Gasteiger partial charge on any atom is 0.233 e. The van der Waals surface area contributed by atoms with Gasteiger partial charge in [0.15, 0.2) is 0 Å². The second kappa shape index (κ2) is 8.34. The topological polar surface area (TPSA) is 23.6 Å². The monoisotopic (exact) mass is 368 g/mol. The van der Waals surface area contributed by atoms with E-state index < -0.39 is 0 Å². The summed E-state index contributed by atoms with van der Waals surface area (Å²) in [5.74, 6) is 1.24. The van der Waals surface area contributed by atoms with Crippen LogP contribution in [0, 0.1) is 12.8 Å². The van der Waals surface area contributed by atoms with Crippen LogP contribution in [0.4, 0.5) is 0 Å². The number of carbonyl (C=O) groups is 1. The smallest absolute Gasteiger partial charge is 0.233 e. The Labute approximate surface area is 165 Å². The molecule has 2 aliphatic heterocycles.